The Kier molecular flexibility index (Phi) is 23.4. The molecule has 0 bridgehead atoms. The summed E-state index contributed by atoms with van der Waals surface area (Å²) in [5.41, 5.74) is 2.93. The molecule has 0 nitrogen and oxygen atoms in total. The Bertz CT molecular complexity index is 396. The molecule has 0 N–H and O–H groups in total. The molecule has 0 spiro atoms. The summed E-state index contributed by atoms with van der Waals surface area (Å²) in [5.74, 6) is 1.57. The van der Waals surface area contributed by atoms with E-state index >= 15 is 0 Å². The zero-order chi connectivity index (χ0) is 16.2. The standard InChI is InChI=1S/2C9H13.C4H7.2BrH.Zr/c2*1-8(2)7-9-5-3-4-6-9;1-2-4-3-1;;;/h2*3-6,8H,7H2,1-2H3;1H,2-4H2;2*1H;/q3*-1;;;+2/p-2. The van der Waals surface area contributed by atoms with Crippen molar-refractivity contribution in [2.24, 2.45) is 11.8 Å². The van der Waals surface area contributed by atoms with Crippen LogP contribution in [0.2, 0.25) is 0 Å². The first-order valence-electron chi connectivity index (χ1n) is 8.80. The van der Waals surface area contributed by atoms with E-state index in [1.807, 2.05) is 0 Å². The van der Waals surface area contributed by atoms with Gasteiger partial charge >= 0.3 is 26.2 Å². The molecule has 0 atom stereocenters. The van der Waals surface area contributed by atoms with Gasteiger partial charge in [-0.25, -0.2) is 24.3 Å². The van der Waals surface area contributed by atoms with Crippen molar-refractivity contribution in [3.63, 3.8) is 0 Å². The van der Waals surface area contributed by atoms with Gasteiger partial charge in [-0.2, -0.15) is 48.2 Å². The van der Waals surface area contributed by atoms with Crippen LogP contribution < -0.4 is 34.0 Å². The van der Waals surface area contributed by atoms with Crippen LogP contribution in [0.25, 0.3) is 0 Å². The molecule has 0 aliphatic heterocycles. The summed E-state index contributed by atoms with van der Waals surface area (Å²) in [6.45, 7) is 8.97. The molecule has 2 aromatic carbocycles. The van der Waals surface area contributed by atoms with Gasteiger partial charge in [0.2, 0.25) is 0 Å². The molecule has 0 radical (unpaired) electrons. The average Bonchev–Trinajstić information content (AvgIpc) is 2.99. The van der Waals surface area contributed by atoms with Crippen molar-refractivity contribution in [3.8, 4) is 0 Å². The Morgan fingerprint density at radius 1 is 0.720 bits per heavy atom. The second-order valence-corrected chi connectivity index (χ2v) is 7.00. The third kappa shape index (κ3) is 17.7. The van der Waals surface area contributed by atoms with Crippen LogP contribution >= 0.6 is 0 Å². The molecule has 142 valence electrons. The molecule has 25 heavy (non-hydrogen) atoms. The van der Waals surface area contributed by atoms with E-state index in [0.29, 0.717) is 0 Å². The number of halogens is 2. The van der Waals surface area contributed by atoms with Crippen molar-refractivity contribution < 1.29 is 60.2 Å². The van der Waals surface area contributed by atoms with Gasteiger partial charge < -0.3 is 40.4 Å². The zero-order valence-corrected chi connectivity index (χ0v) is 21.8. The average molecular weight is 549 g/mol. The Labute approximate surface area is 196 Å². The molecule has 1 fully saturated rings. The number of hydrogen-bond donors (Lipinski definition) is 0. The van der Waals surface area contributed by atoms with Gasteiger partial charge in [0.25, 0.3) is 0 Å². The maximum absolute atomic E-state index is 2.31. The van der Waals surface area contributed by atoms with Crippen molar-refractivity contribution in [3.05, 3.63) is 66.1 Å². The molecule has 1 aliphatic carbocycles. The third-order valence-electron chi connectivity index (χ3n) is 3.57. The van der Waals surface area contributed by atoms with Gasteiger partial charge in [-0.1, -0.05) is 52.4 Å². The minimum atomic E-state index is 0. The first kappa shape index (κ1) is 30.3. The fourth-order valence-corrected chi connectivity index (χ4v) is 2.25. The van der Waals surface area contributed by atoms with Gasteiger partial charge in [0.15, 0.2) is 0 Å². The summed E-state index contributed by atoms with van der Waals surface area (Å²) in [7, 11) is 0. The van der Waals surface area contributed by atoms with Gasteiger partial charge in [-0.15, -0.1) is 6.42 Å². The predicted molar refractivity (Wildman–Crippen MR) is 99.3 cm³/mol. The molecule has 3 rings (SSSR count). The quantitative estimate of drug-likeness (QED) is 0.491. The van der Waals surface area contributed by atoms with Gasteiger partial charge in [-0.05, 0) is 0 Å². The molecule has 0 amide bonds. The van der Waals surface area contributed by atoms with Gasteiger partial charge in [-0.3, -0.25) is 0 Å². The second kappa shape index (κ2) is 19.3. The second-order valence-electron chi connectivity index (χ2n) is 7.00. The number of hydrogen-bond acceptors (Lipinski definition) is 0. The third-order valence-corrected chi connectivity index (χ3v) is 3.57. The molecular weight excluding hydrogens is 515 g/mol. The van der Waals surface area contributed by atoms with Crippen molar-refractivity contribution in [1.82, 2.24) is 0 Å². The molecular formula is C22H33Br2Zr-3. The maximum atomic E-state index is 2.31. The first-order chi connectivity index (χ1) is 10.6. The van der Waals surface area contributed by atoms with Gasteiger partial charge in [0, 0.05) is 0 Å². The Morgan fingerprint density at radius 2 is 0.960 bits per heavy atom. The molecule has 0 aromatic heterocycles. The fourth-order valence-electron chi connectivity index (χ4n) is 2.25. The molecule has 3 heteroatoms. The maximum Gasteiger partial charge on any atom is 2.00 e. The fraction of sp³-hybridized carbons (Fsp3) is 0.500. The van der Waals surface area contributed by atoms with Crippen LogP contribution in [0.4, 0.5) is 0 Å². The van der Waals surface area contributed by atoms with Crippen LogP contribution in [-0.2, 0) is 39.0 Å². The number of rotatable bonds is 4. The SMILES string of the molecule is CC(C)C[c-]1cccc1.CC(C)C[c-]1cccc1.[Br-].[Br-].[CH-]1CCC1.[Zr+2]. The van der Waals surface area contributed by atoms with Crippen LogP contribution in [-0.4, -0.2) is 0 Å². The summed E-state index contributed by atoms with van der Waals surface area (Å²) in [4.78, 5) is 0. The molecule has 0 saturated heterocycles. The summed E-state index contributed by atoms with van der Waals surface area (Å²) < 4.78 is 0. The normalized spacial score (nSPS) is 11.4. The van der Waals surface area contributed by atoms with Crippen LogP contribution in [0.15, 0.2) is 48.5 Å². The van der Waals surface area contributed by atoms with E-state index in [2.05, 4.69) is 82.6 Å². The van der Waals surface area contributed by atoms with Crippen LogP contribution in [0.1, 0.15) is 58.1 Å². The van der Waals surface area contributed by atoms with Gasteiger partial charge in [0.05, 0.1) is 0 Å². The molecule has 2 aromatic rings. The van der Waals surface area contributed by atoms with E-state index in [1.165, 1.54) is 43.2 Å². The van der Waals surface area contributed by atoms with Crippen LogP contribution in [0.3, 0.4) is 0 Å². The molecule has 0 unspecified atom stereocenters. The zero-order valence-electron chi connectivity index (χ0n) is 16.1. The van der Waals surface area contributed by atoms with Crippen LogP contribution in [0.5, 0.6) is 0 Å². The van der Waals surface area contributed by atoms with E-state index in [0.717, 1.165) is 11.8 Å². The van der Waals surface area contributed by atoms with Crippen molar-refractivity contribution in [2.75, 3.05) is 0 Å². The van der Waals surface area contributed by atoms with E-state index in [9.17, 15) is 0 Å². The van der Waals surface area contributed by atoms with Crippen molar-refractivity contribution in [1.29, 1.82) is 0 Å². The largest absolute Gasteiger partial charge is 2.00 e. The molecule has 0 heterocycles. The smallest absolute Gasteiger partial charge is 1.00 e. The Morgan fingerprint density at radius 3 is 1.12 bits per heavy atom. The monoisotopic (exact) mass is 545 g/mol. The van der Waals surface area contributed by atoms with Crippen molar-refractivity contribution >= 4 is 0 Å². The van der Waals surface area contributed by atoms with Crippen molar-refractivity contribution in [2.45, 2.75) is 59.8 Å². The molecule has 1 aliphatic rings. The summed E-state index contributed by atoms with van der Waals surface area (Å²) >= 11 is 0. The topological polar surface area (TPSA) is 0 Å². The van der Waals surface area contributed by atoms with E-state index in [1.54, 1.807) is 0 Å². The molecule has 1 saturated carbocycles. The summed E-state index contributed by atoms with van der Waals surface area (Å²) in [5, 5.41) is 0. The summed E-state index contributed by atoms with van der Waals surface area (Å²) in [6, 6.07) is 17.1. The Balaban J connectivity index is -0.000000289. The minimum absolute atomic E-state index is 0. The van der Waals surface area contributed by atoms with E-state index in [4.69, 9.17) is 0 Å². The first-order valence-corrected chi connectivity index (χ1v) is 8.80. The van der Waals surface area contributed by atoms with Gasteiger partial charge in [0.1, 0.15) is 0 Å². The summed E-state index contributed by atoms with van der Waals surface area (Å²) in [6.07, 6.45) is 8.93. The predicted octanol–water partition coefficient (Wildman–Crippen LogP) is 0.588. The van der Waals surface area contributed by atoms with Crippen LogP contribution in [0, 0.1) is 18.3 Å². The van der Waals surface area contributed by atoms with E-state index < -0.39 is 0 Å². The minimum Gasteiger partial charge on any atom is -1.00 e. The van der Waals surface area contributed by atoms with E-state index in [-0.39, 0.29) is 60.2 Å². The Hall–Kier alpha value is 0.543.